The lowest BCUT2D eigenvalue weighted by molar-refractivity contribution is 0.0722. The fraction of sp³-hybridized carbons (Fsp3) is 1.00. The Labute approximate surface area is 143 Å². The Hall–Kier alpha value is -0.160. The molecule has 2 atom stereocenters. The van der Waals surface area contributed by atoms with Crippen molar-refractivity contribution in [3.05, 3.63) is 0 Å². The standard InChI is InChI=1S/C19H40O4/c1-18(2,13-14-20)11-9-16(21)7-6-8-17(22)10-12-19(3,4)15-23-5/h16-17,20-22H,6-15H2,1-5H3. The van der Waals surface area contributed by atoms with Gasteiger partial charge in [0.1, 0.15) is 0 Å². The fourth-order valence-corrected chi connectivity index (χ4v) is 2.88. The maximum absolute atomic E-state index is 10.1. The lowest BCUT2D eigenvalue weighted by Gasteiger charge is -2.25. The SMILES string of the molecule is COCC(C)(C)CCC(O)CCCC(O)CCC(C)(C)CCO. The highest BCUT2D eigenvalue weighted by Gasteiger charge is 2.20. The third-order valence-electron chi connectivity index (χ3n) is 4.71. The fourth-order valence-electron chi connectivity index (χ4n) is 2.88. The highest BCUT2D eigenvalue weighted by molar-refractivity contribution is 4.72. The van der Waals surface area contributed by atoms with E-state index in [1.165, 1.54) is 0 Å². The largest absolute Gasteiger partial charge is 0.396 e. The van der Waals surface area contributed by atoms with Crippen LogP contribution in [0.5, 0.6) is 0 Å². The van der Waals surface area contributed by atoms with Crippen molar-refractivity contribution in [2.45, 2.75) is 91.3 Å². The normalized spacial score (nSPS) is 15.7. The number of aliphatic hydroxyl groups is 3. The molecule has 4 nitrogen and oxygen atoms in total. The second-order valence-corrected chi connectivity index (χ2v) is 8.55. The molecule has 0 aliphatic rings. The van der Waals surface area contributed by atoms with Crippen LogP contribution in [0.4, 0.5) is 0 Å². The third kappa shape index (κ3) is 12.9. The van der Waals surface area contributed by atoms with Crippen molar-refractivity contribution in [2.24, 2.45) is 10.8 Å². The zero-order chi connectivity index (χ0) is 17.9. The summed E-state index contributed by atoms with van der Waals surface area (Å²) in [5.41, 5.74) is 0.190. The topological polar surface area (TPSA) is 69.9 Å². The molecule has 0 aliphatic heterocycles. The van der Waals surface area contributed by atoms with Crippen molar-refractivity contribution in [2.75, 3.05) is 20.3 Å². The summed E-state index contributed by atoms with van der Waals surface area (Å²) in [4.78, 5) is 0. The molecule has 0 amide bonds. The molecule has 0 radical (unpaired) electrons. The van der Waals surface area contributed by atoms with E-state index in [0.29, 0.717) is 6.61 Å². The monoisotopic (exact) mass is 332 g/mol. The van der Waals surface area contributed by atoms with Crippen LogP contribution in [-0.2, 0) is 4.74 Å². The van der Waals surface area contributed by atoms with E-state index in [-0.39, 0.29) is 29.6 Å². The van der Waals surface area contributed by atoms with Gasteiger partial charge in [0.25, 0.3) is 0 Å². The molecule has 23 heavy (non-hydrogen) atoms. The molecule has 0 heterocycles. The first-order valence-electron chi connectivity index (χ1n) is 9.08. The van der Waals surface area contributed by atoms with Crippen LogP contribution in [0, 0.1) is 10.8 Å². The first-order valence-corrected chi connectivity index (χ1v) is 9.08. The summed E-state index contributed by atoms with van der Waals surface area (Å²) in [5.74, 6) is 0. The molecule has 0 saturated heterocycles. The number of rotatable bonds is 14. The molecular formula is C19H40O4. The Morgan fingerprint density at radius 3 is 1.70 bits per heavy atom. The van der Waals surface area contributed by atoms with Crippen LogP contribution in [0.15, 0.2) is 0 Å². The molecule has 0 aromatic carbocycles. The lowest BCUT2D eigenvalue weighted by Crippen LogP contribution is -2.21. The average molecular weight is 333 g/mol. The second kappa shape index (κ2) is 11.4. The highest BCUT2D eigenvalue weighted by Crippen LogP contribution is 2.28. The Bertz CT molecular complexity index is 261. The molecule has 0 aromatic heterocycles. The molecule has 0 rings (SSSR count). The molecule has 0 saturated carbocycles. The highest BCUT2D eigenvalue weighted by atomic mass is 16.5. The van der Waals surface area contributed by atoms with Crippen molar-refractivity contribution in [3.63, 3.8) is 0 Å². The van der Waals surface area contributed by atoms with E-state index in [1.807, 2.05) is 0 Å². The molecule has 0 aromatic rings. The van der Waals surface area contributed by atoms with Crippen molar-refractivity contribution < 1.29 is 20.1 Å². The van der Waals surface area contributed by atoms with Crippen LogP contribution in [0.2, 0.25) is 0 Å². The quantitative estimate of drug-likeness (QED) is 0.455. The van der Waals surface area contributed by atoms with Gasteiger partial charge in [0, 0.05) is 13.7 Å². The summed E-state index contributed by atoms with van der Waals surface area (Å²) in [6.07, 6.45) is 5.95. The maximum atomic E-state index is 10.1. The summed E-state index contributed by atoms with van der Waals surface area (Å²) >= 11 is 0. The number of hydrogen-bond donors (Lipinski definition) is 3. The molecular weight excluding hydrogens is 292 g/mol. The number of aliphatic hydroxyl groups excluding tert-OH is 3. The van der Waals surface area contributed by atoms with Gasteiger partial charge in [0.2, 0.25) is 0 Å². The van der Waals surface area contributed by atoms with Crippen LogP contribution in [0.1, 0.15) is 79.1 Å². The van der Waals surface area contributed by atoms with Gasteiger partial charge >= 0.3 is 0 Å². The summed E-state index contributed by atoms with van der Waals surface area (Å²) in [7, 11) is 1.71. The van der Waals surface area contributed by atoms with Crippen LogP contribution in [0.3, 0.4) is 0 Å². The van der Waals surface area contributed by atoms with Gasteiger partial charge in [-0.15, -0.1) is 0 Å². The van der Waals surface area contributed by atoms with Crippen molar-refractivity contribution in [1.29, 1.82) is 0 Å². The van der Waals surface area contributed by atoms with Crippen molar-refractivity contribution in [1.82, 2.24) is 0 Å². The number of methoxy groups -OCH3 is 1. The van der Waals surface area contributed by atoms with E-state index < -0.39 is 0 Å². The molecule has 0 aliphatic carbocycles. The first-order chi connectivity index (χ1) is 10.6. The smallest absolute Gasteiger partial charge is 0.0540 e. The Morgan fingerprint density at radius 1 is 0.783 bits per heavy atom. The minimum atomic E-state index is -0.301. The molecule has 3 N–H and O–H groups in total. The van der Waals surface area contributed by atoms with E-state index in [9.17, 15) is 10.2 Å². The molecule has 0 fully saturated rings. The summed E-state index contributed by atoms with van der Waals surface area (Å²) in [6, 6.07) is 0. The van der Waals surface area contributed by atoms with E-state index in [0.717, 1.165) is 51.4 Å². The van der Waals surface area contributed by atoms with Crippen LogP contribution < -0.4 is 0 Å². The van der Waals surface area contributed by atoms with Gasteiger partial charge in [-0.25, -0.2) is 0 Å². The summed E-state index contributed by atoms with van der Waals surface area (Å²) in [6.45, 7) is 9.47. The minimum absolute atomic E-state index is 0.0855. The minimum Gasteiger partial charge on any atom is -0.396 e. The van der Waals surface area contributed by atoms with Gasteiger partial charge in [-0.05, 0) is 62.2 Å². The molecule has 2 unspecified atom stereocenters. The second-order valence-electron chi connectivity index (χ2n) is 8.55. The van der Waals surface area contributed by atoms with Gasteiger partial charge in [-0.1, -0.05) is 27.7 Å². The summed E-state index contributed by atoms with van der Waals surface area (Å²) in [5, 5.41) is 29.1. The average Bonchev–Trinajstić information content (AvgIpc) is 2.43. The van der Waals surface area contributed by atoms with E-state index in [4.69, 9.17) is 9.84 Å². The van der Waals surface area contributed by atoms with E-state index in [1.54, 1.807) is 7.11 Å². The Morgan fingerprint density at radius 2 is 1.26 bits per heavy atom. The summed E-state index contributed by atoms with van der Waals surface area (Å²) < 4.78 is 5.19. The Kier molecular flexibility index (Phi) is 11.3. The maximum Gasteiger partial charge on any atom is 0.0540 e. The van der Waals surface area contributed by atoms with Gasteiger partial charge in [0.15, 0.2) is 0 Å². The predicted octanol–water partition coefficient (Wildman–Crippen LogP) is 3.52. The van der Waals surface area contributed by atoms with Crippen LogP contribution >= 0.6 is 0 Å². The molecule has 4 heteroatoms. The predicted molar refractivity (Wildman–Crippen MR) is 95.5 cm³/mol. The number of hydrogen-bond acceptors (Lipinski definition) is 4. The van der Waals surface area contributed by atoms with E-state index in [2.05, 4.69) is 27.7 Å². The van der Waals surface area contributed by atoms with Crippen molar-refractivity contribution in [3.8, 4) is 0 Å². The first kappa shape index (κ1) is 22.8. The van der Waals surface area contributed by atoms with Gasteiger partial charge in [0.05, 0.1) is 18.8 Å². The van der Waals surface area contributed by atoms with Crippen molar-refractivity contribution >= 4 is 0 Å². The molecule has 0 spiro atoms. The Balaban J connectivity index is 3.80. The third-order valence-corrected chi connectivity index (χ3v) is 4.71. The van der Waals surface area contributed by atoms with Gasteiger partial charge < -0.3 is 20.1 Å². The van der Waals surface area contributed by atoms with Gasteiger partial charge in [-0.3, -0.25) is 0 Å². The molecule has 0 bridgehead atoms. The zero-order valence-corrected chi connectivity index (χ0v) is 16.0. The number of ether oxygens (including phenoxy) is 1. The van der Waals surface area contributed by atoms with Gasteiger partial charge in [-0.2, -0.15) is 0 Å². The molecule has 140 valence electrons. The zero-order valence-electron chi connectivity index (χ0n) is 16.0. The van der Waals surface area contributed by atoms with E-state index >= 15 is 0 Å². The lowest BCUT2D eigenvalue weighted by atomic mass is 9.83. The van der Waals surface area contributed by atoms with Crippen LogP contribution in [-0.4, -0.2) is 47.9 Å². The van der Waals surface area contributed by atoms with Crippen LogP contribution in [0.25, 0.3) is 0 Å².